The number of nitrogens with two attached hydrogens (primary N) is 1. The number of aryl methyl sites for hydroxylation is 2. The molecule has 4 bridgehead atoms. The van der Waals surface area contributed by atoms with Gasteiger partial charge in [-0.05, 0) is 99.1 Å². The van der Waals surface area contributed by atoms with Crippen LogP contribution in [0.2, 0.25) is 0 Å². The standard InChI is InChI=1S/C27H35N5O/c1-16-11-17(2)30-25(29-16)32-15-19-14-26-6-5-22(32)24(19)27(26)7-9-31(10-8-28)23(26)12-18-3-4-20(33)13-21(18)27/h3-4,11,13,19,22-24,33H,5-10,12,14-15,28H2,1-2H3/t19-,22-,23-,24-,26-,27+/m1/s1. The lowest BCUT2D eigenvalue weighted by Gasteiger charge is -2.66. The lowest BCUT2D eigenvalue weighted by atomic mass is 9.43. The second kappa shape index (κ2) is 6.70. The number of rotatable bonds is 3. The summed E-state index contributed by atoms with van der Waals surface area (Å²) in [7, 11) is 0. The van der Waals surface area contributed by atoms with Crippen LogP contribution < -0.4 is 10.6 Å². The summed E-state index contributed by atoms with van der Waals surface area (Å²) in [6.45, 7) is 8.08. The second-order valence-corrected chi connectivity index (χ2v) is 11.5. The molecule has 6 nitrogen and oxygen atoms in total. The fraction of sp³-hybridized carbons (Fsp3) is 0.630. The number of hydrogen-bond donors (Lipinski definition) is 2. The van der Waals surface area contributed by atoms with E-state index in [0.29, 0.717) is 35.1 Å². The molecule has 3 aliphatic carbocycles. The van der Waals surface area contributed by atoms with E-state index in [1.165, 1.54) is 36.8 Å². The van der Waals surface area contributed by atoms with Crippen LogP contribution in [0.1, 0.15) is 48.2 Å². The zero-order chi connectivity index (χ0) is 22.5. The summed E-state index contributed by atoms with van der Waals surface area (Å²) in [6.07, 6.45) is 6.05. The molecule has 4 fully saturated rings. The molecule has 33 heavy (non-hydrogen) atoms. The molecule has 2 aromatic rings. The first-order valence-corrected chi connectivity index (χ1v) is 12.8. The smallest absolute Gasteiger partial charge is 0.226 e. The minimum absolute atomic E-state index is 0.149. The van der Waals surface area contributed by atoms with Gasteiger partial charge in [0.2, 0.25) is 5.95 Å². The molecule has 1 aromatic heterocycles. The van der Waals surface area contributed by atoms with E-state index in [1.54, 1.807) is 0 Å². The summed E-state index contributed by atoms with van der Waals surface area (Å²) >= 11 is 0. The number of aromatic hydroxyl groups is 1. The van der Waals surface area contributed by atoms with E-state index in [9.17, 15) is 5.11 Å². The molecule has 2 saturated carbocycles. The van der Waals surface area contributed by atoms with Crippen molar-refractivity contribution >= 4 is 5.95 Å². The number of nitrogens with zero attached hydrogens (tertiary/aromatic N) is 4. The number of piperidine rings is 1. The molecule has 0 unspecified atom stereocenters. The van der Waals surface area contributed by atoms with Crippen LogP contribution in [0.3, 0.4) is 0 Å². The van der Waals surface area contributed by atoms with Crippen molar-refractivity contribution in [2.45, 2.75) is 63.5 Å². The summed E-state index contributed by atoms with van der Waals surface area (Å²) in [5.74, 6) is 2.63. The molecule has 2 saturated heterocycles. The van der Waals surface area contributed by atoms with Gasteiger partial charge >= 0.3 is 0 Å². The van der Waals surface area contributed by atoms with Crippen molar-refractivity contribution in [3.05, 3.63) is 46.8 Å². The lowest BCUT2D eigenvalue weighted by molar-refractivity contribution is -0.0897. The molecular weight excluding hydrogens is 410 g/mol. The fourth-order valence-electron chi connectivity index (χ4n) is 9.59. The number of benzene rings is 1. The first-order chi connectivity index (χ1) is 16.0. The lowest BCUT2D eigenvalue weighted by Crippen LogP contribution is -2.70. The molecule has 2 aliphatic heterocycles. The van der Waals surface area contributed by atoms with Crippen molar-refractivity contribution in [3.63, 3.8) is 0 Å². The van der Waals surface area contributed by atoms with Gasteiger partial charge in [0, 0.05) is 48.5 Å². The van der Waals surface area contributed by atoms with Crippen LogP contribution in [0.15, 0.2) is 24.3 Å². The van der Waals surface area contributed by atoms with Gasteiger partial charge in [0.1, 0.15) is 5.75 Å². The Bertz CT molecular complexity index is 1120. The Morgan fingerprint density at radius 2 is 1.97 bits per heavy atom. The molecule has 3 N–H and O–H groups in total. The van der Waals surface area contributed by atoms with Gasteiger partial charge < -0.3 is 15.7 Å². The molecule has 1 aromatic carbocycles. The van der Waals surface area contributed by atoms with Gasteiger partial charge in [-0.15, -0.1) is 0 Å². The minimum Gasteiger partial charge on any atom is -0.508 e. The predicted molar refractivity (Wildman–Crippen MR) is 128 cm³/mol. The van der Waals surface area contributed by atoms with Crippen molar-refractivity contribution in [3.8, 4) is 5.75 Å². The van der Waals surface area contributed by atoms with Crippen molar-refractivity contribution in [2.24, 2.45) is 23.0 Å². The molecule has 0 amide bonds. The summed E-state index contributed by atoms with van der Waals surface area (Å²) in [5.41, 5.74) is 11.6. The fourth-order valence-corrected chi connectivity index (χ4v) is 9.59. The van der Waals surface area contributed by atoms with Crippen LogP contribution >= 0.6 is 0 Å². The van der Waals surface area contributed by atoms with Gasteiger partial charge in [-0.25, -0.2) is 9.97 Å². The number of phenols is 1. The van der Waals surface area contributed by atoms with Crippen LogP contribution in [-0.2, 0) is 11.8 Å². The molecule has 5 aliphatic rings. The monoisotopic (exact) mass is 445 g/mol. The average Bonchev–Trinajstić information content (AvgIpc) is 3.22. The van der Waals surface area contributed by atoms with Gasteiger partial charge in [-0.3, -0.25) is 4.90 Å². The number of likely N-dealkylation sites (tertiary alicyclic amines) is 1. The molecule has 0 spiro atoms. The van der Waals surface area contributed by atoms with Crippen LogP contribution in [0.5, 0.6) is 5.75 Å². The Morgan fingerprint density at radius 3 is 2.76 bits per heavy atom. The molecule has 6 heteroatoms. The van der Waals surface area contributed by atoms with E-state index in [2.05, 4.69) is 41.8 Å². The zero-order valence-corrected chi connectivity index (χ0v) is 19.8. The topological polar surface area (TPSA) is 78.5 Å². The number of phenolic OH excluding ortho intramolecular Hbond substituents is 1. The van der Waals surface area contributed by atoms with E-state index in [0.717, 1.165) is 49.9 Å². The molecule has 174 valence electrons. The molecular formula is C27H35N5O. The average molecular weight is 446 g/mol. The molecule has 0 radical (unpaired) electrons. The van der Waals surface area contributed by atoms with Crippen LogP contribution in [-0.4, -0.2) is 58.2 Å². The largest absolute Gasteiger partial charge is 0.508 e. The van der Waals surface area contributed by atoms with Crippen molar-refractivity contribution in [1.82, 2.24) is 14.9 Å². The summed E-state index contributed by atoms with van der Waals surface area (Å²) in [6, 6.07) is 9.37. The number of anilines is 1. The number of hydrogen-bond acceptors (Lipinski definition) is 6. The third-order valence-electron chi connectivity index (χ3n) is 10.2. The van der Waals surface area contributed by atoms with Gasteiger partial charge in [0.05, 0.1) is 0 Å². The molecule has 3 heterocycles. The van der Waals surface area contributed by atoms with E-state index >= 15 is 0 Å². The third-order valence-corrected chi connectivity index (χ3v) is 10.2. The summed E-state index contributed by atoms with van der Waals surface area (Å²) in [5, 5.41) is 10.6. The highest BCUT2D eigenvalue weighted by atomic mass is 16.3. The number of aromatic nitrogens is 2. The van der Waals surface area contributed by atoms with E-state index in [1.807, 2.05) is 6.07 Å². The maximum atomic E-state index is 10.6. The summed E-state index contributed by atoms with van der Waals surface area (Å²) < 4.78 is 0. The normalized spacial score (nSPS) is 38.3. The predicted octanol–water partition coefficient (Wildman–Crippen LogP) is 2.93. The number of fused-ring (bicyclic) bond motifs is 1. The second-order valence-electron chi connectivity index (χ2n) is 11.5. The van der Waals surface area contributed by atoms with Gasteiger partial charge in [-0.1, -0.05) is 6.07 Å². The SMILES string of the molecule is Cc1cc(C)nc(N2C[C@H]3C[C@@]45CC[C@@H]2[C@@H]3[C@@]42CCN(CCN)[C@@H]5Cc3ccc(O)cc32)n1. The van der Waals surface area contributed by atoms with Crippen LogP contribution in [0.25, 0.3) is 0 Å². The Kier molecular flexibility index (Phi) is 4.10. The first-order valence-electron chi connectivity index (χ1n) is 12.8. The maximum absolute atomic E-state index is 10.6. The Hall–Kier alpha value is -2.18. The van der Waals surface area contributed by atoms with Crippen molar-refractivity contribution in [1.29, 1.82) is 0 Å². The molecule has 6 atom stereocenters. The highest BCUT2D eigenvalue weighted by molar-refractivity contribution is 5.53. The highest BCUT2D eigenvalue weighted by Crippen LogP contribution is 2.75. The molecule has 7 rings (SSSR count). The van der Waals surface area contributed by atoms with Gasteiger partial charge in [0.15, 0.2) is 0 Å². The van der Waals surface area contributed by atoms with Crippen LogP contribution in [0.4, 0.5) is 5.95 Å². The van der Waals surface area contributed by atoms with Crippen LogP contribution in [0, 0.1) is 31.1 Å². The minimum atomic E-state index is 0.149. The van der Waals surface area contributed by atoms with Gasteiger partial charge in [-0.2, -0.15) is 0 Å². The first kappa shape index (κ1) is 20.2. The Balaban J connectivity index is 1.39. The Labute approximate surface area is 196 Å². The van der Waals surface area contributed by atoms with E-state index in [-0.39, 0.29) is 5.41 Å². The summed E-state index contributed by atoms with van der Waals surface area (Å²) in [4.78, 5) is 15.1. The zero-order valence-electron chi connectivity index (χ0n) is 19.8. The van der Waals surface area contributed by atoms with Gasteiger partial charge in [0.25, 0.3) is 0 Å². The highest BCUT2D eigenvalue weighted by Gasteiger charge is 2.76. The van der Waals surface area contributed by atoms with E-state index in [4.69, 9.17) is 15.7 Å². The Morgan fingerprint density at radius 1 is 1.15 bits per heavy atom. The third kappa shape index (κ3) is 2.41. The maximum Gasteiger partial charge on any atom is 0.226 e. The quantitative estimate of drug-likeness (QED) is 0.756. The van der Waals surface area contributed by atoms with Crippen molar-refractivity contribution < 1.29 is 5.11 Å². The van der Waals surface area contributed by atoms with Crippen molar-refractivity contribution in [2.75, 3.05) is 31.1 Å². The van der Waals surface area contributed by atoms with E-state index < -0.39 is 0 Å².